The molecule has 0 aliphatic carbocycles. The van der Waals surface area contributed by atoms with E-state index in [1.54, 1.807) is 48.6 Å². The third-order valence-electron chi connectivity index (χ3n) is 4.64. The van der Waals surface area contributed by atoms with Crippen LogP contribution < -0.4 is 9.47 Å². The first-order chi connectivity index (χ1) is 15.6. The van der Waals surface area contributed by atoms with Crippen LogP contribution in [0, 0.1) is 0 Å². The molecule has 0 saturated carbocycles. The number of hydrogen-bond acceptors (Lipinski definition) is 6. The molecule has 164 valence electrons. The van der Waals surface area contributed by atoms with Crippen LogP contribution in [-0.4, -0.2) is 29.7 Å². The van der Waals surface area contributed by atoms with Gasteiger partial charge in [0.05, 0.1) is 37.1 Å². The maximum Gasteiger partial charge on any atom is 0.267 e. The Balaban J connectivity index is 1.71. The van der Waals surface area contributed by atoms with Crippen molar-refractivity contribution in [2.75, 3.05) is 13.7 Å². The summed E-state index contributed by atoms with van der Waals surface area (Å²) in [5, 5.41) is 1.12. The lowest BCUT2D eigenvalue weighted by molar-refractivity contribution is -0.122. The second-order valence-corrected chi connectivity index (χ2v) is 8.23. The lowest BCUT2D eigenvalue weighted by Crippen LogP contribution is -2.28. The zero-order valence-corrected chi connectivity index (χ0v) is 19.2. The first kappa shape index (κ1) is 22.0. The van der Waals surface area contributed by atoms with Crippen molar-refractivity contribution in [2.45, 2.75) is 13.5 Å². The number of benzene rings is 2. The quantitative estimate of drug-likeness (QED) is 0.389. The summed E-state index contributed by atoms with van der Waals surface area (Å²) in [7, 11) is 1.61. The van der Waals surface area contributed by atoms with E-state index < -0.39 is 0 Å². The molecule has 2 heterocycles. The number of amides is 1. The van der Waals surface area contributed by atoms with E-state index in [9.17, 15) is 4.79 Å². The van der Waals surface area contributed by atoms with E-state index in [1.165, 1.54) is 11.8 Å². The molecule has 0 N–H and O–H groups in total. The summed E-state index contributed by atoms with van der Waals surface area (Å²) in [5.74, 6) is 1.90. The van der Waals surface area contributed by atoms with Crippen molar-refractivity contribution in [2.24, 2.45) is 4.99 Å². The lowest BCUT2D eigenvalue weighted by Gasteiger charge is -2.14. The van der Waals surface area contributed by atoms with Crippen LogP contribution in [0.2, 0.25) is 5.02 Å². The summed E-state index contributed by atoms with van der Waals surface area (Å²) >= 11 is 7.49. The molecule has 4 rings (SSSR count). The Labute approximate surface area is 195 Å². The van der Waals surface area contributed by atoms with Gasteiger partial charge in [0, 0.05) is 10.6 Å². The molecule has 2 aromatic carbocycles. The van der Waals surface area contributed by atoms with Crippen LogP contribution >= 0.6 is 23.4 Å². The fraction of sp³-hybridized carbons (Fsp3) is 0.167. The van der Waals surface area contributed by atoms with Gasteiger partial charge in [0.1, 0.15) is 17.3 Å². The number of amidine groups is 1. The van der Waals surface area contributed by atoms with Crippen molar-refractivity contribution in [3.63, 3.8) is 0 Å². The van der Waals surface area contributed by atoms with E-state index in [-0.39, 0.29) is 12.5 Å². The summed E-state index contributed by atoms with van der Waals surface area (Å²) in [6, 6.07) is 16.3. The zero-order valence-electron chi connectivity index (χ0n) is 17.6. The normalized spacial score (nSPS) is 16.2. The van der Waals surface area contributed by atoms with Gasteiger partial charge in [-0.15, -0.1) is 0 Å². The fourth-order valence-electron chi connectivity index (χ4n) is 3.12. The van der Waals surface area contributed by atoms with E-state index in [0.29, 0.717) is 38.9 Å². The number of methoxy groups -OCH3 is 1. The Hall–Kier alpha value is -3.16. The number of halogens is 1. The third kappa shape index (κ3) is 5.00. The van der Waals surface area contributed by atoms with E-state index in [0.717, 1.165) is 11.3 Å². The monoisotopic (exact) mass is 468 g/mol. The van der Waals surface area contributed by atoms with Crippen molar-refractivity contribution in [3.05, 3.63) is 82.1 Å². The Bertz CT molecular complexity index is 1160. The van der Waals surface area contributed by atoms with Gasteiger partial charge in [0.25, 0.3) is 5.91 Å². The molecular formula is C24H21ClN2O4S. The average molecular weight is 469 g/mol. The largest absolute Gasteiger partial charge is 0.497 e. The number of hydrogen-bond donors (Lipinski definition) is 0. The highest BCUT2D eigenvalue weighted by atomic mass is 35.5. The van der Waals surface area contributed by atoms with Crippen LogP contribution in [-0.2, 0) is 11.3 Å². The molecular weight excluding hydrogens is 448 g/mol. The molecule has 1 aliphatic heterocycles. The SMILES string of the molecule is CCOc1ccc(Cl)cc1/C=C1\SC(=Nc2ccc(OC)cc2)N(Cc2ccco2)C1=O. The predicted molar refractivity (Wildman–Crippen MR) is 128 cm³/mol. The highest BCUT2D eigenvalue weighted by Gasteiger charge is 2.34. The van der Waals surface area contributed by atoms with Crippen LogP contribution in [0.25, 0.3) is 6.08 Å². The fourth-order valence-corrected chi connectivity index (χ4v) is 4.29. The molecule has 1 fully saturated rings. The number of nitrogens with zero attached hydrogens (tertiary/aromatic N) is 2. The van der Waals surface area contributed by atoms with Gasteiger partial charge in [0.2, 0.25) is 0 Å². The number of thioether (sulfide) groups is 1. The highest BCUT2D eigenvalue weighted by Crippen LogP contribution is 2.37. The van der Waals surface area contributed by atoms with E-state index in [1.807, 2.05) is 37.3 Å². The van der Waals surface area contributed by atoms with Gasteiger partial charge in [-0.3, -0.25) is 9.69 Å². The third-order valence-corrected chi connectivity index (χ3v) is 5.88. The minimum Gasteiger partial charge on any atom is -0.497 e. The second-order valence-electron chi connectivity index (χ2n) is 6.79. The molecule has 0 radical (unpaired) electrons. The van der Waals surface area contributed by atoms with Crippen molar-refractivity contribution in [1.29, 1.82) is 0 Å². The Morgan fingerprint density at radius 1 is 1.19 bits per heavy atom. The highest BCUT2D eigenvalue weighted by molar-refractivity contribution is 8.18. The maximum atomic E-state index is 13.3. The summed E-state index contributed by atoms with van der Waals surface area (Å²) in [6.07, 6.45) is 3.37. The average Bonchev–Trinajstić information content (AvgIpc) is 3.41. The van der Waals surface area contributed by atoms with E-state index in [4.69, 9.17) is 30.5 Å². The molecule has 8 heteroatoms. The van der Waals surface area contributed by atoms with Gasteiger partial charge in [-0.25, -0.2) is 4.99 Å². The van der Waals surface area contributed by atoms with E-state index >= 15 is 0 Å². The van der Waals surface area contributed by atoms with Gasteiger partial charge in [-0.2, -0.15) is 0 Å². The molecule has 6 nitrogen and oxygen atoms in total. The molecule has 0 spiro atoms. The lowest BCUT2D eigenvalue weighted by atomic mass is 10.2. The van der Waals surface area contributed by atoms with Gasteiger partial charge in [-0.1, -0.05) is 11.6 Å². The maximum absolute atomic E-state index is 13.3. The standard InChI is InChI=1S/C24H21ClN2O4S/c1-3-30-21-11-6-17(25)13-16(21)14-22-23(28)27(15-20-5-4-12-31-20)24(32-22)26-18-7-9-19(29-2)10-8-18/h4-14H,3,15H2,1-2H3/b22-14-,26-24?. The van der Waals surface area contributed by atoms with Gasteiger partial charge < -0.3 is 13.9 Å². The van der Waals surface area contributed by atoms with Gasteiger partial charge in [-0.05, 0) is 79.4 Å². The van der Waals surface area contributed by atoms with E-state index in [2.05, 4.69) is 0 Å². The molecule has 1 aliphatic rings. The Morgan fingerprint density at radius 3 is 2.69 bits per heavy atom. The smallest absolute Gasteiger partial charge is 0.267 e. The molecule has 1 amide bonds. The second kappa shape index (κ2) is 9.97. The molecule has 1 aromatic heterocycles. The van der Waals surface area contributed by atoms with Crippen LogP contribution in [0.15, 0.2) is 75.2 Å². The predicted octanol–water partition coefficient (Wildman–Crippen LogP) is 6.14. The first-order valence-corrected chi connectivity index (χ1v) is 11.2. The van der Waals surface area contributed by atoms with Crippen molar-refractivity contribution < 1.29 is 18.7 Å². The van der Waals surface area contributed by atoms with Gasteiger partial charge >= 0.3 is 0 Å². The topological polar surface area (TPSA) is 64.3 Å². The summed E-state index contributed by atoms with van der Waals surface area (Å²) < 4.78 is 16.4. The van der Waals surface area contributed by atoms with Crippen LogP contribution in [0.4, 0.5) is 5.69 Å². The summed E-state index contributed by atoms with van der Waals surface area (Å²) in [4.78, 5) is 20.1. The molecule has 3 aromatic rings. The Kier molecular flexibility index (Phi) is 6.87. The summed E-state index contributed by atoms with van der Waals surface area (Å²) in [5.41, 5.74) is 1.45. The van der Waals surface area contributed by atoms with Crippen LogP contribution in [0.1, 0.15) is 18.2 Å². The number of carbonyl (C=O) groups excluding carboxylic acids is 1. The molecule has 0 bridgehead atoms. The van der Waals surface area contributed by atoms with Crippen molar-refractivity contribution >= 4 is 46.2 Å². The number of furan rings is 1. The van der Waals surface area contributed by atoms with Crippen LogP contribution in [0.3, 0.4) is 0 Å². The minimum atomic E-state index is -0.166. The van der Waals surface area contributed by atoms with Crippen LogP contribution in [0.5, 0.6) is 11.5 Å². The molecule has 0 unspecified atom stereocenters. The van der Waals surface area contributed by atoms with Crippen molar-refractivity contribution in [3.8, 4) is 11.5 Å². The number of aliphatic imine (C=N–C) groups is 1. The van der Waals surface area contributed by atoms with Crippen molar-refractivity contribution in [1.82, 2.24) is 4.90 Å². The molecule has 0 atom stereocenters. The summed E-state index contributed by atoms with van der Waals surface area (Å²) in [6.45, 7) is 2.69. The zero-order chi connectivity index (χ0) is 22.5. The number of rotatable bonds is 7. The number of carbonyl (C=O) groups is 1. The molecule has 1 saturated heterocycles. The number of ether oxygens (including phenoxy) is 2. The molecule has 32 heavy (non-hydrogen) atoms. The Morgan fingerprint density at radius 2 is 2.00 bits per heavy atom. The van der Waals surface area contributed by atoms with Gasteiger partial charge in [0.15, 0.2) is 5.17 Å². The first-order valence-electron chi connectivity index (χ1n) is 9.96. The minimum absolute atomic E-state index is 0.166.